The van der Waals surface area contributed by atoms with Crippen LogP contribution in [0.5, 0.6) is 0 Å². The standard InChI is InChI=1S/C11H24N2O3/c1-5-12-6-8-15-9-7-13-10(14)16-11(2,3)4/h12H,5-9H2,1-4H3,(H,13,14). The van der Waals surface area contributed by atoms with E-state index in [9.17, 15) is 4.79 Å². The SMILES string of the molecule is CCNCCOCCNC(=O)OC(C)(C)C. The van der Waals surface area contributed by atoms with E-state index >= 15 is 0 Å². The summed E-state index contributed by atoms with van der Waals surface area (Å²) in [6.45, 7) is 11.0. The van der Waals surface area contributed by atoms with Crippen molar-refractivity contribution < 1.29 is 14.3 Å². The van der Waals surface area contributed by atoms with Gasteiger partial charge in [-0.2, -0.15) is 0 Å². The first-order valence-electron chi connectivity index (χ1n) is 5.71. The van der Waals surface area contributed by atoms with Gasteiger partial charge in [0, 0.05) is 13.1 Å². The number of nitrogens with one attached hydrogen (secondary N) is 2. The van der Waals surface area contributed by atoms with Crippen molar-refractivity contribution in [2.24, 2.45) is 0 Å². The zero-order valence-corrected chi connectivity index (χ0v) is 10.8. The maximum Gasteiger partial charge on any atom is 0.407 e. The van der Waals surface area contributed by atoms with Gasteiger partial charge >= 0.3 is 6.09 Å². The van der Waals surface area contributed by atoms with Crippen molar-refractivity contribution in [1.82, 2.24) is 10.6 Å². The van der Waals surface area contributed by atoms with E-state index in [0.717, 1.165) is 13.1 Å². The molecule has 16 heavy (non-hydrogen) atoms. The third kappa shape index (κ3) is 11.3. The Morgan fingerprint density at radius 2 is 1.81 bits per heavy atom. The molecule has 0 atom stereocenters. The Kier molecular flexibility index (Phi) is 7.93. The first kappa shape index (κ1) is 15.2. The zero-order valence-electron chi connectivity index (χ0n) is 10.8. The fourth-order valence-corrected chi connectivity index (χ4v) is 0.963. The third-order valence-electron chi connectivity index (χ3n) is 1.59. The van der Waals surface area contributed by atoms with Crippen LogP contribution in [-0.4, -0.2) is 44.5 Å². The summed E-state index contributed by atoms with van der Waals surface area (Å²) in [5, 5.41) is 5.77. The number of amides is 1. The first-order valence-corrected chi connectivity index (χ1v) is 5.71. The zero-order chi connectivity index (χ0) is 12.4. The summed E-state index contributed by atoms with van der Waals surface area (Å²) in [6.07, 6.45) is -0.400. The van der Waals surface area contributed by atoms with Gasteiger partial charge in [0.25, 0.3) is 0 Å². The van der Waals surface area contributed by atoms with Gasteiger partial charge < -0.3 is 20.1 Å². The maximum atomic E-state index is 11.2. The molecule has 0 saturated carbocycles. The van der Waals surface area contributed by atoms with Gasteiger partial charge in [-0.05, 0) is 27.3 Å². The highest BCUT2D eigenvalue weighted by atomic mass is 16.6. The van der Waals surface area contributed by atoms with Gasteiger partial charge in [-0.15, -0.1) is 0 Å². The van der Waals surface area contributed by atoms with E-state index in [1.807, 2.05) is 27.7 Å². The first-order chi connectivity index (χ1) is 7.45. The summed E-state index contributed by atoms with van der Waals surface area (Å²) in [6, 6.07) is 0. The van der Waals surface area contributed by atoms with Crippen molar-refractivity contribution in [3.8, 4) is 0 Å². The highest BCUT2D eigenvalue weighted by Crippen LogP contribution is 2.05. The van der Waals surface area contributed by atoms with Crippen molar-refractivity contribution in [2.45, 2.75) is 33.3 Å². The number of alkyl carbamates (subject to hydrolysis) is 1. The van der Waals surface area contributed by atoms with Crippen molar-refractivity contribution in [3.63, 3.8) is 0 Å². The van der Waals surface area contributed by atoms with E-state index in [1.54, 1.807) is 0 Å². The molecule has 0 rings (SSSR count). The van der Waals surface area contributed by atoms with Crippen molar-refractivity contribution >= 4 is 6.09 Å². The van der Waals surface area contributed by atoms with E-state index in [0.29, 0.717) is 19.8 Å². The van der Waals surface area contributed by atoms with E-state index in [-0.39, 0.29) is 0 Å². The molecule has 0 radical (unpaired) electrons. The Labute approximate surface area is 97.9 Å². The third-order valence-corrected chi connectivity index (χ3v) is 1.59. The molecule has 0 aromatic carbocycles. The molecule has 0 unspecified atom stereocenters. The fraction of sp³-hybridized carbons (Fsp3) is 0.909. The van der Waals surface area contributed by atoms with Gasteiger partial charge in [0.15, 0.2) is 0 Å². The summed E-state index contributed by atoms with van der Waals surface area (Å²) in [7, 11) is 0. The van der Waals surface area contributed by atoms with Gasteiger partial charge in [-0.3, -0.25) is 0 Å². The van der Waals surface area contributed by atoms with Crippen LogP contribution in [0.3, 0.4) is 0 Å². The van der Waals surface area contributed by atoms with Gasteiger partial charge in [0.05, 0.1) is 13.2 Å². The number of carbonyl (C=O) groups is 1. The number of ether oxygens (including phenoxy) is 2. The van der Waals surface area contributed by atoms with Gasteiger partial charge in [0.2, 0.25) is 0 Å². The second-order valence-corrected chi connectivity index (χ2v) is 4.39. The Balaban J connectivity index is 3.28. The van der Waals surface area contributed by atoms with Crippen LogP contribution in [0, 0.1) is 0 Å². The van der Waals surface area contributed by atoms with Gasteiger partial charge in [0.1, 0.15) is 5.60 Å². The number of rotatable bonds is 7. The van der Waals surface area contributed by atoms with Crippen molar-refractivity contribution in [3.05, 3.63) is 0 Å². The number of hydrogen-bond acceptors (Lipinski definition) is 4. The lowest BCUT2D eigenvalue weighted by Crippen LogP contribution is -2.34. The molecule has 96 valence electrons. The van der Waals surface area contributed by atoms with Gasteiger partial charge in [-0.1, -0.05) is 6.92 Å². The number of likely N-dealkylation sites (N-methyl/N-ethyl adjacent to an activating group) is 1. The Hall–Kier alpha value is -0.810. The molecule has 5 nitrogen and oxygen atoms in total. The average molecular weight is 232 g/mol. The van der Waals surface area contributed by atoms with Crippen LogP contribution in [-0.2, 0) is 9.47 Å². The minimum absolute atomic E-state index is 0.400. The quantitative estimate of drug-likeness (QED) is 0.646. The Morgan fingerprint density at radius 3 is 2.38 bits per heavy atom. The molecule has 1 amide bonds. The number of hydrogen-bond donors (Lipinski definition) is 2. The lowest BCUT2D eigenvalue weighted by atomic mass is 10.2. The van der Waals surface area contributed by atoms with Crippen LogP contribution in [0.4, 0.5) is 4.79 Å². The molecule has 0 fully saturated rings. The highest BCUT2D eigenvalue weighted by molar-refractivity contribution is 5.67. The van der Waals surface area contributed by atoms with Crippen LogP contribution in [0.15, 0.2) is 0 Å². The lowest BCUT2D eigenvalue weighted by molar-refractivity contribution is 0.0500. The molecular weight excluding hydrogens is 208 g/mol. The summed E-state index contributed by atoms with van der Waals surface area (Å²) >= 11 is 0. The van der Waals surface area contributed by atoms with E-state index in [2.05, 4.69) is 10.6 Å². The maximum absolute atomic E-state index is 11.2. The smallest absolute Gasteiger partial charge is 0.407 e. The second-order valence-electron chi connectivity index (χ2n) is 4.39. The monoisotopic (exact) mass is 232 g/mol. The molecule has 0 aromatic heterocycles. The lowest BCUT2D eigenvalue weighted by Gasteiger charge is -2.19. The molecular formula is C11H24N2O3. The van der Waals surface area contributed by atoms with E-state index in [1.165, 1.54) is 0 Å². The predicted molar refractivity (Wildman–Crippen MR) is 63.6 cm³/mol. The van der Waals surface area contributed by atoms with Crippen molar-refractivity contribution in [2.75, 3.05) is 32.8 Å². The normalized spacial score (nSPS) is 11.2. The van der Waals surface area contributed by atoms with E-state index < -0.39 is 11.7 Å². The minimum Gasteiger partial charge on any atom is -0.444 e. The number of carbonyl (C=O) groups excluding carboxylic acids is 1. The topological polar surface area (TPSA) is 59.6 Å². The molecule has 0 saturated heterocycles. The summed E-state index contributed by atoms with van der Waals surface area (Å²) in [5.74, 6) is 0. The Morgan fingerprint density at radius 1 is 1.19 bits per heavy atom. The molecule has 2 N–H and O–H groups in total. The average Bonchev–Trinajstić information content (AvgIpc) is 2.13. The van der Waals surface area contributed by atoms with Crippen LogP contribution in [0.1, 0.15) is 27.7 Å². The van der Waals surface area contributed by atoms with E-state index in [4.69, 9.17) is 9.47 Å². The minimum atomic E-state index is -0.448. The summed E-state index contributed by atoms with van der Waals surface area (Å²) in [5.41, 5.74) is -0.448. The molecule has 0 spiro atoms. The highest BCUT2D eigenvalue weighted by Gasteiger charge is 2.15. The van der Waals surface area contributed by atoms with Crippen molar-refractivity contribution in [1.29, 1.82) is 0 Å². The molecule has 0 bridgehead atoms. The van der Waals surface area contributed by atoms with Gasteiger partial charge in [-0.25, -0.2) is 4.79 Å². The summed E-state index contributed by atoms with van der Waals surface area (Å²) < 4.78 is 10.3. The molecule has 0 heterocycles. The fourth-order valence-electron chi connectivity index (χ4n) is 0.963. The largest absolute Gasteiger partial charge is 0.444 e. The predicted octanol–water partition coefficient (Wildman–Crippen LogP) is 1.14. The molecule has 0 aliphatic carbocycles. The Bertz CT molecular complexity index is 190. The second kappa shape index (κ2) is 8.35. The summed E-state index contributed by atoms with van der Waals surface area (Å²) in [4.78, 5) is 11.2. The van der Waals surface area contributed by atoms with Crippen LogP contribution < -0.4 is 10.6 Å². The van der Waals surface area contributed by atoms with Crippen LogP contribution in [0.2, 0.25) is 0 Å². The molecule has 0 aromatic rings. The van der Waals surface area contributed by atoms with Crippen LogP contribution in [0.25, 0.3) is 0 Å². The van der Waals surface area contributed by atoms with Crippen LogP contribution >= 0.6 is 0 Å². The molecule has 0 aliphatic rings. The molecule has 5 heteroatoms. The molecule has 0 aliphatic heterocycles.